The first-order valence-corrected chi connectivity index (χ1v) is 7.37. The summed E-state index contributed by atoms with van der Waals surface area (Å²) >= 11 is 0. The number of methoxy groups -OCH3 is 1. The number of rotatable bonds is 3. The third-order valence-corrected chi connectivity index (χ3v) is 3.81. The smallest absolute Gasteiger partial charge is 0.271 e. The SMILES string of the molecule is COc1cccc(C(=O)NN=C2CCCc3ccccc32)c1. The number of nitrogens with zero attached hydrogens (tertiary/aromatic N) is 1. The summed E-state index contributed by atoms with van der Waals surface area (Å²) in [4.78, 5) is 12.2. The zero-order chi connectivity index (χ0) is 15.4. The molecule has 22 heavy (non-hydrogen) atoms. The first kappa shape index (κ1) is 14.3. The molecular weight excluding hydrogens is 276 g/mol. The summed E-state index contributed by atoms with van der Waals surface area (Å²) in [5.74, 6) is 0.428. The Balaban J connectivity index is 1.78. The van der Waals surface area contributed by atoms with Gasteiger partial charge in [0, 0.05) is 11.1 Å². The van der Waals surface area contributed by atoms with E-state index in [1.807, 2.05) is 12.1 Å². The van der Waals surface area contributed by atoms with Crippen LogP contribution in [0.25, 0.3) is 0 Å². The molecule has 0 radical (unpaired) electrons. The van der Waals surface area contributed by atoms with Gasteiger partial charge in [-0.05, 0) is 43.0 Å². The van der Waals surface area contributed by atoms with Crippen LogP contribution < -0.4 is 10.2 Å². The highest BCUT2D eigenvalue weighted by molar-refractivity contribution is 6.04. The predicted octanol–water partition coefficient (Wildman–Crippen LogP) is 3.17. The normalized spacial score (nSPS) is 15.2. The Morgan fingerprint density at radius 2 is 2.00 bits per heavy atom. The molecule has 0 spiro atoms. The van der Waals surface area contributed by atoms with E-state index < -0.39 is 0 Å². The minimum atomic E-state index is -0.227. The average molecular weight is 294 g/mol. The maximum Gasteiger partial charge on any atom is 0.271 e. The molecule has 1 N–H and O–H groups in total. The van der Waals surface area contributed by atoms with E-state index in [0.29, 0.717) is 11.3 Å². The second-order valence-corrected chi connectivity index (χ2v) is 5.24. The van der Waals surface area contributed by atoms with E-state index in [2.05, 4.69) is 22.7 Å². The minimum Gasteiger partial charge on any atom is -0.497 e. The van der Waals surface area contributed by atoms with Gasteiger partial charge in [0.25, 0.3) is 5.91 Å². The average Bonchev–Trinajstić information content (AvgIpc) is 2.59. The predicted molar refractivity (Wildman–Crippen MR) is 86.4 cm³/mol. The van der Waals surface area contributed by atoms with Crippen LogP contribution in [0.4, 0.5) is 0 Å². The third kappa shape index (κ3) is 3.01. The molecule has 0 aliphatic heterocycles. The van der Waals surface area contributed by atoms with E-state index in [1.165, 1.54) is 5.56 Å². The molecule has 4 heteroatoms. The lowest BCUT2D eigenvalue weighted by Crippen LogP contribution is -2.22. The lowest BCUT2D eigenvalue weighted by atomic mass is 9.90. The molecule has 0 saturated carbocycles. The number of hydrogen-bond donors (Lipinski definition) is 1. The van der Waals surface area contributed by atoms with Gasteiger partial charge >= 0.3 is 0 Å². The van der Waals surface area contributed by atoms with Crippen molar-refractivity contribution < 1.29 is 9.53 Å². The number of hydrogen-bond acceptors (Lipinski definition) is 3. The minimum absolute atomic E-state index is 0.227. The summed E-state index contributed by atoms with van der Waals surface area (Å²) < 4.78 is 5.13. The lowest BCUT2D eigenvalue weighted by Gasteiger charge is -2.17. The van der Waals surface area contributed by atoms with E-state index in [-0.39, 0.29) is 5.91 Å². The van der Waals surface area contributed by atoms with Crippen LogP contribution >= 0.6 is 0 Å². The summed E-state index contributed by atoms with van der Waals surface area (Å²) in [5.41, 5.74) is 6.57. The Kier molecular flexibility index (Phi) is 4.19. The summed E-state index contributed by atoms with van der Waals surface area (Å²) in [6.07, 6.45) is 3.01. The molecule has 2 aromatic rings. The van der Waals surface area contributed by atoms with Crippen LogP contribution in [0.15, 0.2) is 53.6 Å². The van der Waals surface area contributed by atoms with Crippen LogP contribution in [0.3, 0.4) is 0 Å². The number of amides is 1. The number of nitrogens with one attached hydrogen (secondary N) is 1. The largest absolute Gasteiger partial charge is 0.497 e. The van der Waals surface area contributed by atoms with Crippen molar-refractivity contribution in [1.29, 1.82) is 0 Å². The molecule has 0 heterocycles. The number of hydrazone groups is 1. The zero-order valence-electron chi connectivity index (χ0n) is 12.5. The molecular formula is C18H18N2O2. The number of carbonyl (C=O) groups excluding carboxylic acids is 1. The van der Waals surface area contributed by atoms with Gasteiger partial charge in [-0.2, -0.15) is 5.10 Å². The Morgan fingerprint density at radius 1 is 1.14 bits per heavy atom. The van der Waals surface area contributed by atoms with Crippen LogP contribution in [0, 0.1) is 0 Å². The molecule has 2 aromatic carbocycles. The van der Waals surface area contributed by atoms with Crippen molar-refractivity contribution in [3.63, 3.8) is 0 Å². The quantitative estimate of drug-likeness (QED) is 0.884. The van der Waals surface area contributed by atoms with Crippen LogP contribution in [-0.4, -0.2) is 18.7 Å². The highest BCUT2D eigenvalue weighted by Gasteiger charge is 2.15. The summed E-state index contributed by atoms with van der Waals surface area (Å²) in [6, 6.07) is 15.3. The van der Waals surface area contributed by atoms with Gasteiger partial charge in [-0.1, -0.05) is 30.3 Å². The van der Waals surface area contributed by atoms with Gasteiger partial charge in [0.15, 0.2) is 0 Å². The Morgan fingerprint density at radius 3 is 2.86 bits per heavy atom. The van der Waals surface area contributed by atoms with Crippen molar-refractivity contribution in [3.05, 3.63) is 65.2 Å². The molecule has 0 unspecified atom stereocenters. The second kappa shape index (κ2) is 6.43. The number of benzene rings is 2. The Bertz CT molecular complexity index is 723. The van der Waals surface area contributed by atoms with E-state index in [1.54, 1.807) is 31.4 Å². The van der Waals surface area contributed by atoms with Crippen molar-refractivity contribution in [1.82, 2.24) is 5.43 Å². The molecule has 0 saturated heterocycles. The first-order valence-electron chi connectivity index (χ1n) is 7.37. The maximum absolute atomic E-state index is 12.2. The molecule has 0 bridgehead atoms. The fourth-order valence-electron chi connectivity index (χ4n) is 2.66. The van der Waals surface area contributed by atoms with Crippen molar-refractivity contribution in [2.24, 2.45) is 5.10 Å². The summed E-state index contributed by atoms with van der Waals surface area (Å²) in [7, 11) is 1.58. The van der Waals surface area contributed by atoms with Gasteiger partial charge in [-0.3, -0.25) is 4.79 Å². The van der Waals surface area contributed by atoms with Gasteiger partial charge < -0.3 is 4.74 Å². The van der Waals surface area contributed by atoms with Crippen LogP contribution in [0.1, 0.15) is 34.3 Å². The fraction of sp³-hybridized carbons (Fsp3) is 0.222. The molecule has 0 fully saturated rings. The molecule has 1 aliphatic rings. The monoisotopic (exact) mass is 294 g/mol. The molecule has 3 rings (SSSR count). The van der Waals surface area contributed by atoms with Crippen LogP contribution in [0.5, 0.6) is 5.75 Å². The van der Waals surface area contributed by atoms with Gasteiger partial charge in [-0.25, -0.2) is 5.43 Å². The van der Waals surface area contributed by atoms with Crippen molar-refractivity contribution in [3.8, 4) is 5.75 Å². The van der Waals surface area contributed by atoms with Crippen molar-refractivity contribution in [2.45, 2.75) is 19.3 Å². The molecule has 1 aliphatic carbocycles. The summed E-state index contributed by atoms with van der Waals surface area (Å²) in [5, 5.41) is 4.33. The molecule has 112 valence electrons. The first-order chi connectivity index (χ1) is 10.8. The maximum atomic E-state index is 12.2. The molecule has 4 nitrogen and oxygen atoms in total. The second-order valence-electron chi connectivity index (χ2n) is 5.24. The van der Waals surface area contributed by atoms with Crippen molar-refractivity contribution >= 4 is 11.6 Å². The Hall–Kier alpha value is -2.62. The van der Waals surface area contributed by atoms with E-state index >= 15 is 0 Å². The fourth-order valence-corrected chi connectivity index (χ4v) is 2.66. The van der Waals surface area contributed by atoms with Gasteiger partial charge in [0.1, 0.15) is 5.75 Å². The highest BCUT2D eigenvalue weighted by atomic mass is 16.5. The Labute approximate surface area is 129 Å². The number of aryl methyl sites for hydroxylation is 1. The van der Waals surface area contributed by atoms with E-state index in [4.69, 9.17) is 4.74 Å². The zero-order valence-corrected chi connectivity index (χ0v) is 12.5. The summed E-state index contributed by atoms with van der Waals surface area (Å²) in [6.45, 7) is 0. The molecule has 0 atom stereocenters. The van der Waals surface area contributed by atoms with Gasteiger partial charge in [0.2, 0.25) is 0 Å². The third-order valence-electron chi connectivity index (χ3n) is 3.81. The number of carbonyl (C=O) groups is 1. The van der Waals surface area contributed by atoms with Crippen molar-refractivity contribution in [2.75, 3.05) is 7.11 Å². The van der Waals surface area contributed by atoms with E-state index in [0.717, 1.165) is 30.5 Å². The lowest BCUT2D eigenvalue weighted by molar-refractivity contribution is 0.0954. The molecule has 1 amide bonds. The van der Waals surface area contributed by atoms with Gasteiger partial charge in [-0.15, -0.1) is 0 Å². The topological polar surface area (TPSA) is 50.7 Å². The van der Waals surface area contributed by atoms with E-state index in [9.17, 15) is 4.79 Å². The van der Waals surface area contributed by atoms with Gasteiger partial charge in [0.05, 0.1) is 12.8 Å². The van der Waals surface area contributed by atoms with Crippen LogP contribution in [0.2, 0.25) is 0 Å². The number of fused-ring (bicyclic) bond motifs is 1. The standard InChI is InChI=1S/C18H18N2O2/c1-22-15-9-4-8-14(12-15)18(21)20-19-17-11-5-7-13-6-2-3-10-16(13)17/h2-4,6,8-10,12H,5,7,11H2,1H3,(H,20,21). The molecule has 0 aromatic heterocycles. The van der Waals surface area contributed by atoms with Crippen LogP contribution in [-0.2, 0) is 6.42 Å². The number of ether oxygens (including phenoxy) is 1. The highest BCUT2D eigenvalue weighted by Crippen LogP contribution is 2.21.